The molecule has 1 aromatic carbocycles. The Kier molecular flexibility index (Phi) is 14.4. The number of methoxy groups -OCH3 is 1. The van der Waals surface area contributed by atoms with Crippen LogP contribution in [0.1, 0.15) is 39.7 Å². The van der Waals surface area contributed by atoms with Crippen molar-refractivity contribution in [2.45, 2.75) is 46.6 Å². The zero-order valence-corrected chi connectivity index (χ0v) is 21.3. The van der Waals surface area contributed by atoms with Gasteiger partial charge in [-0.25, -0.2) is 14.4 Å². The molecule has 0 saturated carbocycles. The molecule has 0 aliphatic carbocycles. The largest absolute Gasteiger partial charge is 0.513 e. The normalized spacial score (nSPS) is 11.3. The van der Waals surface area contributed by atoms with Crippen LogP contribution in [0.25, 0.3) is 0 Å². The fourth-order valence-electron chi connectivity index (χ4n) is 2.72. The number of carbonyl (C=O) groups is 4. The van der Waals surface area contributed by atoms with Crippen molar-refractivity contribution in [3.8, 4) is 11.5 Å². The number of carbonyl (C=O) groups excluding carboxylic acids is 4. The maximum absolute atomic E-state index is 12.3. The van der Waals surface area contributed by atoms with Crippen LogP contribution < -0.4 is 14.8 Å². The molecule has 36 heavy (non-hydrogen) atoms. The summed E-state index contributed by atoms with van der Waals surface area (Å²) >= 11 is 0. The summed E-state index contributed by atoms with van der Waals surface area (Å²) in [5, 5.41) is 2.95. The second-order valence-corrected chi connectivity index (χ2v) is 7.71. The molecule has 1 N–H and O–H groups in total. The predicted molar refractivity (Wildman–Crippen MR) is 126 cm³/mol. The summed E-state index contributed by atoms with van der Waals surface area (Å²) in [7, 11) is 1.24. The molecule has 0 aliphatic rings. The highest BCUT2D eigenvalue weighted by molar-refractivity contribution is 5.76. The Morgan fingerprint density at radius 2 is 1.44 bits per heavy atom. The molecule has 0 amide bonds. The quantitative estimate of drug-likeness (QED) is 0.168. The number of benzene rings is 1. The molecule has 1 aromatic rings. The first kappa shape index (κ1) is 30.5. The lowest BCUT2D eigenvalue weighted by molar-refractivity contribution is -0.143. The van der Waals surface area contributed by atoms with Gasteiger partial charge in [0, 0.05) is 6.54 Å². The molecule has 0 fully saturated rings. The maximum atomic E-state index is 12.3. The molecular weight excluding hydrogens is 478 g/mol. The minimum absolute atomic E-state index is 0.0302. The molecule has 0 heterocycles. The summed E-state index contributed by atoms with van der Waals surface area (Å²) in [5.41, 5.74) is 0.544. The van der Waals surface area contributed by atoms with E-state index in [4.69, 9.17) is 33.2 Å². The topological polar surface area (TPSA) is 145 Å². The highest BCUT2D eigenvalue weighted by Crippen LogP contribution is 2.30. The van der Waals surface area contributed by atoms with E-state index < -0.39 is 30.5 Å². The highest BCUT2D eigenvalue weighted by atomic mass is 16.7. The van der Waals surface area contributed by atoms with Crippen LogP contribution in [0, 0.1) is 5.92 Å². The summed E-state index contributed by atoms with van der Waals surface area (Å²) in [4.78, 5) is 47.4. The van der Waals surface area contributed by atoms with E-state index in [1.807, 2.05) is 13.8 Å². The Bertz CT molecular complexity index is 856. The molecule has 0 unspecified atom stereocenters. The van der Waals surface area contributed by atoms with Gasteiger partial charge in [-0.15, -0.1) is 0 Å². The molecule has 12 nitrogen and oxygen atoms in total. The van der Waals surface area contributed by atoms with Crippen molar-refractivity contribution in [2.75, 3.05) is 40.1 Å². The standard InChI is InChI=1S/C24H35NO11/c1-6-31-23(28)35-19-9-8-17(15-20(19)36-24(29)32-7-2)14-18(21(26)30-5)25-11-13-34-22(27)33-12-10-16(3)4/h8-9,15-16,18,25H,6-7,10-14H2,1-5H3/t18-/m0/s1. The van der Waals surface area contributed by atoms with Gasteiger partial charge in [0.15, 0.2) is 11.5 Å². The molecule has 0 radical (unpaired) electrons. The first-order valence-electron chi connectivity index (χ1n) is 11.6. The SMILES string of the molecule is CCOC(=O)Oc1ccc(C[C@H](NCCOC(=O)OCCC(C)C)C(=O)OC)cc1OC(=O)OCC. The van der Waals surface area contributed by atoms with Gasteiger partial charge in [-0.3, -0.25) is 4.79 Å². The smallest absolute Gasteiger partial charge is 0.468 e. The molecule has 12 heteroatoms. The second-order valence-electron chi connectivity index (χ2n) is 7.71. The minimum Gasteiger partial charge on any atom is -0.468 e. The van der Waals surface area contributed by atoms with Gasteiger partial charge in [0.25, 0.3) is 0 Å². The Hall–Kier alpha value is -3.54. The molecule has 0 saturated heterocycles. The zero-order valence-electron chi connectivity index (χ0n) is 21.3. The molecule has 202 valence electrons. The van der Waals surface area contributed by atoms with Crippen LogP contribution in [0.3, 0.4) is 0 Å². The van der Waals surface area contributed by atoms with Crippen molar-refractivity contribution < 1.29 is 52.3 Å². The predicted octanol–water partition coefficient (Wildman–Crippen LogP) is 3.63. The first-order valence-corrected chi connectivity index (χ1v) is 11.6. The Morgan fingerprint density at radius 3 is 2.03 bits per heavy atom. The van der Waals surface area contributed by atoms with E-state index in [1.54, 1.807) is 19.9 Å². The molecule has 1 rings (SSSR count). The van der Waals surface area contributed by atoms with E-state index in [9.17, 15) is 19.2 Å². The van der Waals surface area contributed by atoms with Gasteiger partial charge in [0.2, 0.25) is 0 Å². The van der Waals surface area contributed by atoms with E-state index in [0.29, 0.717) is 11.5 Å². The lowest BCUT2D eigenvalue weighted by Crippen LogP contribution is -2.41. The Balaban J connectivity index is 2.83. The minimum atomic E-state index is -0.997. The number of nitrogens with one attached hydrogen (secondary N) is 1. The Labute approximate surface area is 210 Å². The van der Waals surface area contributed by atoms with Crippen LogP contribution in [0.2, 0.25) is 0 Å². The average Bonchev–Trinajstić information content (AvgIpc) is 2.82. The van der Waals surface area contributed by atoms with Crippen molar-refractivity contribution in [1.29, 1.82) is 0 Å². The van der Waals surface area contributed by atoms with Crippen molar-refractivity contribution in [2.24, 2.45) is 5.92 Å². The van der Waals surface area contributed by atoms with Crippen LogP contribution in [-0.4, -0.2) is 70.6 Å². The van der Waals surface area contributed by atoms with E-state index >= 15 is 0 Å². The zero-order chi connectivity index (χ0) is 26.9. The summed E-state index contributed by atoms with van der Waals surface area (Å²) in [5.74, 6) is -0.337. The van der Waals surface area contributed by atoms with Crippen molar-refractivity contribution in [3.05, 3.63) is 23.8 Å². The monoisotopic (exact) mass is 513 g/mol. The number of hydrogen-bond donors (Lipinski definition) is 1. The molecule has 0 spiro atoms. The van der Waals surface area contributed by atoms with E-state index in [0.717, 1.165) is 6.42 Å². The van der Waals surface area contributed by atoms with Crippen molar-refractivity contribution in [3.63, 3.8) is 0 Å². The number of rotatable bonds is 14. The van der Waals surface area contributed by atoms with Gasteiger partial charge < -0.3 is 38.5 Å². The summed E-state index contributed by atoms with van der Waals surface area (Å²) < 4.78 is 34.5. The van der Waals surface area contributed by atoms with Gasteiger partial charge in [-0.2, -0.15) is 0 Å². The van der Waals surface area contributed by atoms with Crippen molar-refractivity contribution in [1.82, 2.24) is 5.32 Å². The molecule has 0 aliphatic heterocycles. The summed E-state index contributed by atoms with van der Waals surface area (Å²) in [6.45, 7) is 7.80. The average molecular weight is 514 g/mol. The number of ether oxygens (including phenoxy) is 7. The molecule has 1 atom stereocenters. The van der Waals surface area contributed by atoms with Gasteiger partial charge in [-0.1, -0.05) is 19.9 Å². The van der Waals surface area contributed by atoms with Crippen LogP contribution in [0.5, 0.6) is 11.5 Å². The lowest BCUT2D eigenvalue weighted by atomic mass is 10.1. The van der Waals surface area contributed by atoms with Gasteiger partial charge in [-0.05, 0) is 50.3 Å². The van der Waals surface area contributed by atoms with E-state index in [2.05, 4.69) is 5.32 Å². The molecule has 0 aromatic heterocycles. The Morgan fingerprint density at radius 1 is 0.833 bits per heavy atom. The third-order valence-corrected chi connectivity index (χ3v) is 4.47. The van der Waals surface area contributed by atoms with Gasteiger partial charge in [0.1, 0.15) is 12.6 Å². The maximum Gasteiger partial charge on any atom is 0.513 e. The number of hydrogen-bond acceptors (Lipinski definition) is 12. The van der Waals surface area contributed by atoms with Crippen molar-refractivity contribution >= 4 is 24.4 Å². The molecular formula is C24H35NO11. The van der Waals surface area contributed by atoms with Crippen LogP contribution >= 0.6 is 0 Å². The molecule has 0 bridgehead atoms. The van der Waals surface area contributed by atoms with Crippen LogP contribution in [-0.2, 0) is 34.9 Å². The number of esters is 1. The lowest BCUT2D eigenvalue weighted by Gasteiger charge is -2.18. The van der Waals surface area contributed by atoms with Gasteiger partial charge >= 0.3 is 24.4 Å². The summed E-state index contributed by atoms with van der Waals surface area (Å²) in [6, 6.07) is 3.58. The second kappa shape index (κ2) is 17.0. The highest BCUT2D eigenvalue weighted by Gasteiger charge is 2.22. The first-order chi connectivity index (χ1) is 17.2. The third-order valence-electron chi connectivity index (χ3n) is 4.47. The van der Waals surface area contributed by atoms with E-state index in [-0.39, 0.29) is 50.9 Å². The van der Waals surface area contributed by atoms with E-state index in [1.165, 1.54) is 19.2 Å². The summed E-state index contributed by atoms with van der Waals surface area (Å²) in [6.07, 6.45) is -1.92. The third kappa shape index (κ3) is 12.2. The van der Waals surface area contributed by atoms with Crippen LogP contribution in [0.15, 0.2) is 18.2 Å². The van der Waals surface area contributed by atoms with Gasteiger partial charge in [0.05, 0.1) is 26.9 Å². The van der Waals surface area contributed by atoms with Crippen LogP contribution in [0.4, 0.5) is 14.4 Å². The fraction of sp³-hybridized carbons (Fsp3) is 0.583. The fourth-order valence-corrected chi connectivity index (χ4v) is 2.72.